The molecule has 3 N–H and O–H groups in total. The van der Waals surface area contributed by atoms with E-state index in [-0.39, 0.29) is 17.2 Å². The monoisotopic (exact) mass is 399 g/mol. The summed E-state index contributed by atoms with van der Waals surface area (Å²) in [5.74, 6) is -0.315. The predicted octanol–water partition coefficient (Wildman–Crippen LogP) is 0.509. The Morgan fingerprint density at radius 3 is 2.33 bits per heavy atom. The molecule has 0 fully saturated rings. The van der Waals surface area contributed by atoms with Crippen LogP contribution in [0.1, 0.15) is 5.56 Å². The van der Waals surface area contributed by atoms with Gasteiger partial charge in [-0.05, 0) is 40.5 Å². The molecule has 0 aliphatic rings. The van der Waals surface area contributed by atoms with Crippen molar-refractivity contribution in [2.75, 3.05) is 32.1 Å². The summed E-state index contributed by atoms with van der Waals surface area (Å²) < 4.78 is 51.5. The number of anilines is 1. The van der Waals surface area contributed by atoms with Crippen LogP contribution in [0.3, 0.4) is 0 Å². The Morgan fingerprint density at radius 1 is 1.24 bits per heavy atom. The van der Waals surface area contributed by atoms with Crippen LogP contribution in [0.15, 0.2) is 21.5 Å². The van der Waals surface area contributed by atoms with Crippen molar-refractivity contribution < 1.29 is 16.8 Å². The number of nitrogens with zero attached hydrogens (tertiary/aromatic N) is 1. The van der Waals surface area contributed by atoms with Crippen LogP contribution in [-0.4, -0.2) is 47.5 Å². The zero-order valence-electron chi connectivity index (χ0n) is 11.9. The van der Waals surface area contributed by atoms with Crippen molar-refractivity contribution in [2.24, 2.45) is 0 Å². The van der Waals surface area contributed by atoms with Crippen molar-refractivity contribution in [1.29, 1.82) is 0 Å². The summed E-state index contributed by atoms with van der Waals surface area (Å²) in [6, 6.07) is 2.93. The Balaban J connectivity index is 2.92. The molecule has 0 saturated carbocycles. The van der Waals surface area contributed by atoms with Gasteiger partial charge in [-0.25, -0.2) is 25.9 Å². The number of hydrogen-bond donors (Lipinski definition) is 2. The molecule has 0 bridgehead atoms. The Labute approximate surface area is 133 Å². The Bertz CT molecular complexity index is 730. The molecular formula is C11H18BrN3O4S2. The summed E-state index contributed by atoms with van der Waals surface area (Å²) in [5.41, 5.74) is 6.49. The predicted molar refractivity (Wildman–Crippen MR) is 86.0 cm³/mol. The van der Waals surface area contributed by atoms with E-state index < -0.39 is 20.0 Å². The van der Waals surface area contributed by atoms with Crippen molar-refractivity contribution in [3.63, 3.8) is 0 Å². The fourth-order valence-corrected chi connectivity index (χ4v) is 4.13. The Kier molecular flexibility index (Phi) is 5.78. The molecule has 0 unspecified atom stereocenters. The first-order chi connectivity index (χ1) is 9.47. The van der Waals surface area contributed by atoms with E-state index >= 15 is 0 Å². The molecule has 0 saturated heterocycles. The van der Waals surface area contributed by atoms with Crippen LogP contribution >= 0.6 is 15.9 Å². The number of benzene rings is 1. The molecule has 0 heterocycles. The maximum Gasteiger partial charge on any atom is 0.240 e. The average molecular weight is 400 g/mol. The van der Waals surface area contributed by atoms with E-state index in [0.29, 0.717) is 15.7 Å². The molecule has 0 aliphatic carbocycles. The van der Waals surface area contributed by atoms with Gasteiger partial charge in [0.2, 0.25) is 20.0 Å². The first kappa shape index (κ1) is 18.4. The maximum atomic E-state index is 12.2. The van der Waals surface area contributed by atoms with E-state index in [1.807, 2.05) is 0 Å². The van der Waals surface area contributed by atoms with Gasteiger partial charge in [-0.1, -0.05) is 0 Å². The summed E-state index contributed by atoms with van der Waals surface area (Å²) in [4.78, 5) is 0.0328. The zero-order valence-corrected chi connectivity index (χ0v) is 15.1. The third kappa shape index (κ3) is 4.65. The van der Waals surface area contributed by atoms with Gasteiger partial charge in [-0.15, -0.1) is 0 Å². The summed E-state index contributed by atoms with van der Waals surface area (Å²) in [5, 5.41) is 0. The third-order valence-electron chi connectivity index (χ3n) is 2.79. The van der Waals surface area contributed by atoms with E-state index in [9.17, 15) is 16.8 Å². The van der Waals surface area contributed by atoms with Gasteiger partial charge in [0.15, 0.2) is 0 Å². The molecule has 0 atom stereocenters. The van der Waals surface area contributed by atoms with Crippen LogP contribution in [-0.2, 0) is 20.0 Å². The maximum absolute atomic E-state index is 12.2. The number of hydrogen-bond acceptors (Lipinski definition) is 5. The molecule has 0 aliphatic heterocycles. The number of nitrogen functional groups attached to an aromatic ring is 1. The molecule has 1 aromatic rings. The lowest BCUT2D eigenvalue weighted by Gasteiger charge is -2.13. The van der Waals surface area contributed by atoms with E-state index in [1.54, 1.807) is 13.0 Å². The highest BCUT2D eigenvalue weighted by Gasteiger charge is 2.20. The highest BCUT2D eigenvalue weighted by atomic mass is 79.9. The third-order valence-corrected chi connectivity index (χ3v) is 6.91. The normalized spacial score (nSPS) is 12.8. The van der Waals surface area contributed by atoms with E-state index in [0.717, 1.165) is 4.31 Å². The zero-order chi connectivity index (χ0) is 16.4. The summed E-state index contributed by atoms with van der Waals surface area (Å²) in [7, 11) is -4.48. The SMILES string of the molecule is Cc1cc(Br)c(N)cc1S(=O)(=O)NCCS(=O)(=O)N(C)C. The second-order valence-corrected chi connectivity index (χ2v) is 9.53. The van der Waals surface area contributed by atoms with Crippen LogP contribution < -0.4 is 10.5 Å². The van der Waals surface area contributed by atoms with Crippen LogP contribution in [0, 0.1) is 6.92 Å². The van der Waals surface area contributed by atoms with Gasteiger partial charge in [0.1, 0.15) is 0 Å². The van der Waals surface area contributed by atoms with E-state index in [2.05, 4.69) is 20.7 Å². The highest BCUT2D eigenvalue weighted by molar-refractivity contribution is 9.10. The van der Waals surface area contributed by atoms with Crippen LogP contribution in [0.4, 0.5) is 5.69 Å². The number of nitrogens with two attached hydrogens (primary N) is 1. The standard InChI is InChI=1S/C11H18BrN3O4S2/c1-8-6-9(12)10(13)7-11(8)21(18,19)14-4-5-20(16,17)15(2)3/h6-7,14H,4-5,13H2,1-3H3. The number of rotatable bonds is 6. The smallest absolute Gasteiger partial charge is 0.240 e. The van der Waals surface area contributed by atoms with Crippen molar-refractivity contribution in [3.05, 3.63) is 22.2 Å². The molecule has 120 valence electrons. The molecular weight excluding hydrogens is 382 g/mol. The molecule has 0 aromatic heterocycles. The minimum Gasteiger partial charge on any atom is -0.398 e. The second-order valence-electron chi connectivity index (χ2n) is 4.64. The molecule has 10 heteroatoms. The lowest BCUT2D eigenvalue weighted by Crippen LogP contribution is -2.34. The fourth-order valence-electron chi connectivity index (χ4n) is 1.52. The van der Waals surface area contributed by atoms with Crippen molar-refractivity contribution in [2.45, 2.75) is 11.8 Å². The molecule has 0 radical (unpaired) electrons. The van der Waals surface area contributed by atoms with Crippen LogP contribution in [0.2, 0.25) is 0 Å². The fraction of sp³-hybridized carbons (Fsp3) is 0.455. The van der Waals surface area contributed by atoms with Gasteiger partial charge >= 0.3 is 0 Å². The number of halogens is 1. The van der Waals surface area contributed by atoms with Gasteiger partial charge < -0.3 is 5.73 Å². The van der Waals surface area contributed by atoms with Gasteiger partial charge in [0.25, 0.3) is 0 Å². The van der Waals surface area contributed by atoms with Gasteiger partial charge in [0.05, 0.1) is 10.6 Å². The summed E-state index contributed by atoms with van der Waals surface area (Å²) in [6.07, 6.45) is 0. The van der Waals surface area contributed by atoms with Crippen molar-refractivity contribution >= 4 is 41.7 Å². The molecule has 21 heavy (non-hydrogen) atoms. The molecule has 0 amide bonds. The summed E-state index contributed by atoms with van der Waals surface area (Å²) in [6.45, 7) is 1.42. The number of aryl methyl sites for hydroxylation is 1. The van der Waals surface area contributed by atoms with Crippen LogP contribution in [0.25, 0.3) is 0 Å². The molecule has 1 aromatic carbocycles. The second kappa shape index (κ2) is 6.61. The average Bonchev–Trinajstić information content (AvgIpc) is 2.32. The lowest BCUT2D eigenvalue weighted by atomic mass is 10.2. The quantitative estimate of drug-likeness (QED) is 0.677. The first-order valence-electron chi connectivity index (χ1n) is 5.93. The molecule has 7 nitrogen and oxygen atoms in total. The Morgan fingerprint density at radius 2 is 1.81 bits per heavy atom. The minimum absolute atomic E-state index is 0.0328. The van der Waals surface area contributed by atoms with Gasteiger partial charge in [-0.3, -0.25) is 0 Å². The topological polar surface area (TPSA) is 110 Å². The van der Waals surface area contributed by atoms with Crippen molar-refractivity contribution in [3.8, 4) is 0 Å². The van der Waals surface area contributed by atoms with Gasteiger partial charge in [0, 0.05) is 30.8 Å². The van der Waals surface area contributed by atoms with Crippen LogP contribution in [0.5, 0.6) is 0 Å². The number of sulfonamides is 2. The molecule has 0 spiro atoms. The van der Waals surface area contributed by atoms with E-state index in [4.69, 9.17) is 5.73 Å². The van der Waals surface area contributed by atoms with Crippen molar-refractivity contribution in [1.82, 2.24) is 9.03 Å². The Hall–Kier alpha value is -0.680. The highest BCUT2D eigenvalue weighted by Crippen LogP contribution is 2.26. The number of nitrogens with one attached hydrogen (secondary N) is 1. The van der Waals surface area contributed by atoms with E-state index in [1.165, 1.54) is 20.2 Å². The largest absolute Gasteiger partial charge is 0.398 e. The lowest BCUT2D eigenvalue weighted by molar-refractivity contribution is 0.519. The molecule has 1 rings (SSSR count). The summed E-state index contributed by atoms with van der Waals surface area (Å²) >= 11 is 3.22. The minimum atomic E-state index is -3.81. The van der Waals surface area contributed by atoms with Gasteiger partial charge in [-0.2, -0.15) is 0 Å². The first-order valence-corrected chi connectivity index (χ1v) is 9.81.